The summed E-state index contributed by atoms with van der Waals surface area (Å²) in [6.07, 6.45) is 12.2. The first-order valence-electron chi connectivity index (χ1n) is 8.63. The molecule has 0 amide bonds. The molecule has 2 aliphatic carbocycles. The predicted octanol–water partition coefficient (Wildman–Crippen LogP) is 5.48. The molecule has 0 aromatic heterocycles. The highest BCUT2D eigenvalue weighted by Crippen LogP contribution is 2.40. The van der Waals surface area contributed by atoms with Crippen molar-refractivity contribution in [2.75, 3.05) is 0 Å². The van der Waals surface area contributed by atoms with Crippen LogP contribution in [0.15, 0.2) is 18.2 Å². The van der Waals surface area contributed by atoms with Crippen molar-refractivity contribution in [3.05, 3.63) is 34.9 Å². The minimum absolute atomic E-state index is 0.466. The zero-order valence-corrected chi connectivity index (χ0v) is 12.8. The predicted molar refractivity (Wildman–Crippen MR) is 85.1 cm³/mol. The van der Waals surface area contributed by atoms with Gasteiger partial charge < -0.3 is 5.11 Å². The molecular weight excluding hydrogens is 260 g/mol. The highest BCUT2D eigenvalue weighted by Gasteiger charge is 2.27. The Morgan fingerprint density at radius 3 is 1.62 bits per heavy atom. The molecule has 0 bridgehead atoms. The molecule has 0 heterocycles. The average Bonchev–Trinajstić information content (AvgIpc) is 2.55. The molecule has 1 aromatic rings. The van der Waals surface area contributed by atoms with Crippen LogP contribution in [0.5, 0.6) is 0 Å². The molecule has 2 fully saturated rings. The minimum atomic E-state index is -0.711. The second-order valence-electron chi connectivity index (χ2n) is 6.79. The molecular formula is C19H26O2. The third-order valence-corrected chi connectivity index (χ3v) is 5.43. The summed E-state index contributed by atoms with van der Waals surface area (Å²) in [7, 11) is 0. The van der Waals surface area contributed by atoms with Crippen molar-refractivity contribution in [1.29, 1.82) is 0 Å². The Morgan fingerprint density at radius 2 is 1.24 bits per heavy atom. The van der Waals surface area contributed by atoms with E-state index in [9.17, 15) is 9.90 Å². The van der Waals surface area contributed by atoms with Crippen molar-refractivity contribution in [3.63, 3.8) is 0 Å². The second kappa shape index (κ2) is 6.64. The molecule has 0 radical (unpaired) electrons. The topological polar surface area (TPSA) is 37.3 Å². The Hall–Kier alpha value is -1.31. The Balaban J connectivity index is 1.97. The van der Waals surface area contributed by atoms with E-state index < -0.39 is 5.97 Å². The molecule has 0 aliphatic heterocycles. The Bertz CT molecular complexity index is 458. The van der Waals surface area contributed by atoms with Gasteiger partial charge in [0.05, 0.1) is 5.56 Å². The highest BCUT2D eigenvalue weighted by atomic mass is 16.4. The first kappa shape index (κ1) is 14.6. The van der Waals surface area contributed by atoms with Crippen molar-refractivity contribution in [2.24, 2.45) is 0 Å². The van der Waals surface area contributed by atoms with E-state index in [1.807, 2.05) is 0 Å². The molecule has 0 atom stereocenters. The van der Waals surface area contributed by atoms with Crippen LogP contribution in [0, 0.1) is 0 Å². The molecule has 2 saturated carbocycles. The maximum atomic E-state index is 11.9. The summed E-state index contributed by atoms with van der Waals surface area (Å²) in [5, 5.41) is 9.81. The molecule has 21 heavy (non-hydrogen) atoms. The first-order valence-corrected chi connectivity index (χ1v) is 8.63. The summed E-state index contributed by atoms with van der Waals surface area (Å²) in [6, 6.07) is 6.25. The maximum absolute atomic E-state index is 11.9. The van der Waals surface area contributed by atoms with E-state index in [4.69, 9.17) is 0 Å². The fourth-order valence-electron chi connectivity index (χ4n) is 4.34. The molecule has 0 unspecified atom stereocenters. The van der Waals surface area contributed by atoms with Gasteiger partial charge in [0.25, 0.3) is 0 Å². The third kappa shape index (κ3) is 3.14. The monoisotopic (exact) mass is 286 g/mol. The van der Waals surface area contributed by atoms with E-state index >= 15 is 0 Å². The summed E-state index contributed by atoms with van der Waals surface area (Å²) in [4.78, 5) is 11.9. The number of aromatic carboxylic acids is 1. The van der Waals surface area contributed by atoms with Crippen LogP contribution in [0.25, 0.3) is 0 Å². The number of benzene rings is 1. The molecule has 114 valence electrons. The van der Waals surface area contributed by atoms with Gasteiger partial charge in [0.1, 0.15) is 0 Å². The van der Waals surface area contributed by atoms with E-state index in [1.54, 1.807) is 0 Å². The lowest BCUT2D eigenvalue weighted by atomic mass is 9.76. The minimum Gasteiger partial charge on any atom is -0.478 e. The SMILES string of the molecule is O=C(O)c1c(C2CCCCC2)cccc1C1CCCCC1. The summed E-state index contributed by atoms with van der Waals surface area (Å²) >= 11 is 0. The first-order chi connectivity index (χ1) is 10.3. The van der Waals surface area contributed by atoms with Gasteiger partial charge >= 0.3 is 5.97 Å². The lowest BCUT2D eigenvalue weighted by Gasteiger charge is -2.28. The van der Waals surface area contributed by atoms with Crippen LogP contribution in [0.2, 0.25) is 0 Å². The van der Waals surface area contributed by atoms with Gasteiger partial charge in [-0.1, -0.05) is 56.7 Å². The normalized spacial score (nSPS) is 21.3. The molecule has 0 saturated heterocycles. The molecule has 3 rings (SSSR count). The fourth-order valence-corrected chi connectivity index (χ4v) is 4.34. The summed E-state index contributed by atoms with van der Waals surface area (Å²) < 4.78 is 0. The lowest BCUT2D eigenvalue weighted by Crippen LogP contribution is -2.16. The van der Waals surface area contributed by atoms with Crippen LogP contribution in [-0.2, 0) is 0 Å². The smallest absolute Gasteiger partial charge is 0.336 e. The largest absolute Gasteiger partial charge is 0.478 e. The highest BCUT2D eigenvalue weighted by molar-refractivity contribution is 5.91. The molecule has 2 heteroatoms. The lowest BCUT2D eigenvalue weighted by molar-refractivity contribution is 0.0692. The summed E-state index contributed by atoms with van der Waals surface area (Å²) in [6.45, 7) is 0. The van der Waals surface area contributed by atoms with Gasteiger partial charge in [-0.3, -0.25) is 0 Å². The van der Waals surface area contributed by atoms with E-state index in [2.05, 4.69) is 18.2 Å². The van der Waals surface area contributed by atoms with Crippen molar-refractivity contribution in [2.45, 2.75) is 76.0 Å². The second-order valence-corrected chi connectivity index (χ2v) is 6.79. The van der Waals surface area contributed by atoms with E-state index in [0.717, 1.165) is 36.8 Å². The fraction of sp³-hybridized carbons (Fsp3) is 0.632. The van der Waals surface area contributed by atoms with Crippen LogP contribution in [0.3, 0.4) is 0 Å². The van der Waals surface area contributed by atoms with Crippen LogP contribution in [0.4, 0.5) is 0 Å². The van der Waals surface area contributed by atoms with Crippen molar-refractivity contribution in [3.8, 4) is 0 Å². The molecule has 0 spiro atoms. The van der Waals surface area contributed by atoms with Crippen molar-refractivity contribution < 1.29 is 9.90 Å². The quantitative estimate of drug-likeness (QED) is 0.798. The van der Waals surface area contributed by atoms with Crippen LogP contribution in [-0.4, -0.2) is 11.1 Å². The van der Waals surface area contributed by atoms with Gasteiger partial charge in [0, 0.05) is 0 Å². The van der Waals surface area contributed by atoms with Crippen molar-refractivity contribution in [1.82, 2.24) is 0 Å². The number of hydrogen-bond donors (Lipinski definition) is 1. The zero-order valence-electron chi connectivity index (χ0n) is 12.8. The standard InChI is InChI=1S/C19H26O2/c20-19(21)18-16(14-8-3-1-4-9-14)12-7-13-17(18)15-10-5-2-6-11-15/h7,12-15H,1-6,8-11H2,(H,20,21). The van der Waals surface area contributed by atoms with Gasteiger partial charge in [-0.25, -0.2) is 4.79 Å². The third-order valence-electron chi connectivity index (χ3n) is 5.43. The Morgan fingerprint density at radius 1 is 0.810 bits per heavy atom. The molecule has 1 aromatic carbocycles. The van der Waals surface area contributed by atoms with Gasteiger partial charge in [0.2, 0.25) is 0 Å². The Kier molecular flexibility index (Phi) is 4.62. The molecule has 1 N–H and O–H groups in total. The van der Waals surface area contributed by atoms with Gasteiger partial charge in [-0.2, -0.15) is 0 Å². The van der Waals surface area contributed by atoms with E-state index in [-0.39, 0.29) is 0 Å². The van der Waals surface area contributed by atoms with Crippen LogP contribution in [0.1, 0.15) is 97.5 Å². The number of rotatable bonds is 3. The zero-order chi connectivity index (χ0) is 14.7. The van der Waals surface area contributed by atoms with Crippen LogP contribution < -0.4 is 0 Å². The van der Waals surface area contributed by atoms with Gasteiger partial charge in [-0.15, -0.1) is 0 Å². The average molecular weight is 286 g/mol. The Labute approximate surface area is 127 Å². The molecule has 2 aliphatic rings. The van der Waals surface area contributed by atoms with E-state index in [1.165, 1.54) is 38.5 Å². The number of carbonyl (C=O) groups is 1. The maximum Gasteiger partial charge on any atom is 0.336 e. The van der Waals surface area contributed by atoms with Gasteiger partial charge in [-0.05, 0) is 48.6 Å². The number of hydrogen-bond acceptors (Lipinski definition) is 1. The van der Waals surface area contributed by atoms with Crippen LogP contribution >= 0.6 is 0 Å². The van der Waals surface area contributed by atoms with E-state index in [0.29, 0.717) is 17.4 Å². The number of carboxylic acid groups (broad SMARTS) is 1. The summed E-state index contributed by atoms with van der Waals surface area (Å²) in [5.41, 5.74) is 2.88. The van der Waals surface area contributed by atoms with Gasteiger partial charge in [0.15, 0.2) is 0 Å². The number of carboxylic acids is 1. The molecule has 2 nitrogen and oxygen atoms in total. The van der Waals surface area contributed by atoms with Crippen molar-refractivity contribution >= 4 is 5.97 Å². The summed E-state index contributed by atoms with van der Waals surface area (Å²) in [5.74, 6) is 0.221.